The number of aliphatic hydroxyl groups excluding tert-OH is 1. The van der Waals surface area contributed by atoms with Crippen LogP contribution in [0, 0.1) is 0 Å². The van der Waals surface area contributed by atoms with E-state index in [1.54, 1.807) is 12.1 Å². The first-order valence-electron chi connectivity index (χ1n) is 17.0. The Hall–Kier alpha value is -3.82. The van der Waals surface area contributed by atoms with Crippen LogP contribution in [0.4, 0.5) is 0 Å². The molecule has 13 nitrogen and oxygen atoms in total. The van der Waals surface area contributed by atoms with Crippen molar-refractivity contribution in [1.29, 1.82) is 0 Å². The summed E-state index contributed by atoms with van der Waals surface area (Å²) in [5, 5.41) is 10.2. The summed E-state index contributed by atoms with van der Waals surface area (Å²) in [7, 11) is 0. The minimum absolute atomic E-state index is 0.214. The molecule has 0 aliphatic carbocycles. The van der Waals surface area contributed by atoms with Crippen LogP contribution in [0.5, 0.6) is 34.5 Å². The first-order chi connectivity index (χ1) is 24.7. The van der Waals surface area contributed by atoms with Crippen molar-refractivity contribution in [3.05, 3.63) is 71.3 Å². The number of hydrogen-bond acceptors (Lipinski definition) is 13. The maximum atomic E-state index is 10.2. The minimum Gasteiger partial charge on any atom is -0.491 e. The summed E-state index contributed by atoms with van der Waals surface area (Å²) in [6, 6.07) is 16.6. The lowest BCUT2D eigenvalue weighted by atomic mass is 10.2. The smallest absolute Gasteiger partial charge is 0.125 e. The second-order valence-corrected chi connectivity index (χ2v) is 11.2. The van der Waals surface area contributed by atoms with Crippen LogP contribution >= 0.6 is 0 Å². The number of aliphatic hydroxyl groups is 1. The van der Waals surface area contributed by atoms with Gasteiger partial charge in [-0.2, -0.15) is 0 Å². The minimum atomic E-state index is -0.231. The zero-order valence-corrected chi connectivity index (χ0v) is 28.5. The summed E-state index contributed by atoms with van der Waals surface area (Å²) in [5.74, 6) is 3.58. The Kier molecular flexibility index (Phi) is 16.5. The molecule has 7 rings (SSSR count). The van der Waals surface area contributed by atoms with Crippen LogP contribution in [-0.2, 0) is 48.2 Å². The molecule has 4 aliphatic heterocycles. The van der Waals surface area contributed by atoms with E-state index < -0.39 is 0 Å². The number of hydrogen-bond donors (Lipinski definition) is 1. The fraction of sp³-hybridized carbons (Fsp3) is 0.514. The fourth-order valence-electron chi connectivity index (χ4n) is 4.96. The topological polar surface area (TPSA) is 131 Å². The molecular weight excluding hydrogens is 652 g/mol. The van der Waals surface area contributed by atoms with Crippen LogP contribution < -0.4 is 28.4 Å². The van der Waals surface area contributed by atoms with Gasteiger partial charge in [0, 0.05) is 17.7 Å². The highest BCUT2D eigenvalue weighted by Crippen LogP contribution is 2.29. The van der Waals surface area contributed by atoms with Crippen molar-refractivity contribution < 1.29 is 61.9 Å². The van der Waals surface area contributed by atoms with Crippen molar-refractivity contribution in [1.82, 2.24) is 0 Å². The molecule has 0 spiro atoms. The summed E-state index contributed by atoms with van der Waals surface area (Å²) < 4.78 is 70.2. The van der Waals surface area contributed by atoms with Crippen molar-refractivity contribution in [2.45, 2.75) is 19.8 Å². The highest BCUT2D eigenvalue weighted by molar-refractivity contribution is 5.42. The summed E-state index contributed by atoms with van der Waals surface area (Å²) >= 11 is 0. The lowest BCUT2D eigenvalue weighted by Crippen LogP contribution is -2.15. The summed E-state index contributed by atoms with van der Waals surface area (Å²) in [6.45, 7) is 6.66. The SMILES string of the molecule is OCc1cc2ccc1OCc1cc3cc(c1)OCCOCCOCCOCCOc1cc(cc(c1)OCCOCCOCCOCCO3)CO2. The molecule has 0 unspecified atom stereocenters. The molecule has 0 saturated carbocycles. The van der Waals surface area contributed by atoms with Crippen LogP contribution in [-0.4, -0.2) is 111 Å². The van der Waals surface area contributed by atoms with Crippen molar-refractivity contribution in [3.8, 4) is 34.5 Å². The standard InChI is InChI=1S/C37H48O13/c38-26-31-23-32-1-2-37(31)50-28-30-21-35-25-36(22-30)48-18-14-44-10-6-40-4-8-42-12-16-46-34-20-29(27-49-32)19-33(24-34)45-15-11-41-7-3-39-5-9-43-13-17-47-35/h1-2,19-25,38H,3-18,26-28H2. The molecule has 3 aromatic rings. The molecule has 0 radical (unpaired) electrons. The normalized spacial score (nSPS) is 18.4. The molecular formula is C37H48O13. The van der Waals surface area contributed by atoms with Crippen LogP contribution in [0.3, 0.4) is 0 Å². The molecule has 0 aromatic heterocycles. The van der Waals surface area contributed by atoms with E-state index in [1.807, 2.05) is 42.5 Å². The van der Waals surface area contributed by atoms with Gasteiger partial charge in [-0.1, -0.05) is 0 Å². The third-order valence-electron chi connectivity index (χ3n) is 7.36. The van der Waals surface area contributed by atoms with E-state index in [1.165, 1.54) is 0 Å². The molecule has 4 heterocycles. The van der Waals surface area contributed by atoms with E-state index in [9.17, 15) is 5.11 Å². The highest BCUT2D eigenvalue weighted by Gasteiger charge is 2.11. The van der Waals surface area contributed by atoms with Gasteiger partial charge in [0.05, 0.1) is 85.9 Å². The van der Waals surface area contributed by atoms with E-state index in [2.05, 4.69) is 0 Å². The molecule has 8 bridgehead atoms. The monoisotopic (exact) mass is 700 g/mol. The van der Waals surface area contributed by atoms with E-state index >= 15 is 0 Å². The van der Waals surface area contributed by atoms with Gasteiger partial charge < -0.3 is 61.9 Å². The molecule has 274 valence electrons. The molecule has 4 aliphatic rings. The lowest BCUT2D eigenvalue weighted by molar-refractivity contribution is 0.00432. The third-order valence-corrected chi connectivity index (χ3v) is 7.36. The summed E-state index contributed by atoms with van der Waals surface area (Å²) in [4.78, 5) is 0. The van der Waals surface area contributed by atoms with Gasteiger partial charge in [0.2, 0.25) is 0 Å². The summed E-state index contributed by atoms with van der Waals surface area (Å²) in [6.07, 6.45) is 0. The first-order valence-corrected chi connectivity index (χ1v) is 17.0. The Balaban J connectivity index is 1.36. The van der Waals surface area contributed by atoms with Gasteiger partial charge in [-0.05, 0) is 53.6 Å². The van der Waals surface area contributed by atoms with E-state index in [-0.39, 0.29) is 19.8 Å². The van der Waals surface area contributed by atoms with Crippen molar-refractivity contribution >= 4 is 0 Å². The van der Waals surface area contributed by atoms with Crippen molar-refractivity contribution in [2.75, 3.05) is 106 Å². The van der Waals surface area contributed by atoms with E-state index in [0.717, 1.165) is 11.1 Å². The Bertz CT molecular complexity index is 1340. The predicted octanol–water partition coefficient (Wildman–Crippen LogP) is 3.98. The van der Waals surface area contributed by atoms with Gasteiger partial charge in [0.25, 0.3) is 0 Å². The Labute approximate surface area is 293 Å². The van der Waals surface area contributed by atoms with Crippen molar-refractivity contribution in [3.63, 3.8) is 0 Å². The van der Waals surface area contributed by atoms with Crippen LogP contribution in [0.2, 0.25) is 0 Å². The van der Waals surface area contributed by atoms with Gasteiger partial charge >= 0.3 is 0 Å². The Morgan fingerprint density at radius 1 is 0.360 bits per heavy atom. The van der Waals surface area contributed by atoms with Gasteiger partial charge in [-0.15, -0.1) is 0 Å². The van der Waals surface area contributed by atoms with E-state index in [0.29, 0.717) is 146 Å². The van der Waals surface area contributed by atoms with Gasteiger partial charge in [0.15, 0.2) is 0 Å². The highest BCUT2D eigenvalue weighted by atomic mass is 16.6. The molecule has 0 atom stereocenters. The first kappa shape index (κ1) is 37.4. The summed E-state index contributed by atoms with van der Waals surface area (Å²) in [5.41, 5.74) is 2.25. The number of rotatable bonds is 1. The van der Waals surface area contributed by atoms with Gasteiger partial charge in [-0.3, -0.25) is 0 Å². The molecule has 3 aromatic carbocycles. The molecule has 0 amide bonds. The zero-order valence-electron chi connectivity index (χ0n) is 28.5. The van der Waals surface area contributed by atoms with Gasteiger partial charge in [-0.25, -0.2) is 0 Å². The molecule has 1 N–H and O–H groups in total. The van der Waals surface area contributed by atoms with Crippen LogP contribution in [0.25, 0.3) is 0 Å². The van der Waals surface area contributed by atoms with Crippen LogP contribution in [0.15, 0.2) is 54.6 Å². The molecule has 50 heavy (non-hydrogen) atoms. The maximum Gasteiger partial charge on any atom is 0.125 e. The zero-order chi connectivity index (χ0) is 34.5. The van der Waals surface area contributed by atoms with E-state index in [4.69, 9.17) is 56.8 Å². The Morgan fingerprint density at radius 3 is 1.10 bits per heavy atom. The fourth-order valence-corrected chi connectivity index (χ4v) is 4.96. The maximum absolute atomic E-state index is 10.2. The van der Waals surface area contributed by atoms with Gasteiger partial charge in [0.1, 0.15) is 74.1 Å². The molecule has 0 saturated heterocycles. The number of ether oxygens (including phenoxy) is 12. The number of benzene rings is 3. The lowest BCUT2D eigenvalue weighted by Gasteiger charge is -2.16. The third kappa shape index (κ3) is 13.8. The molecule has 0 fully saturated rings. The predicted molar refractivity (Wildman–Crippen MR) is 181 cm³/mol. The second kappa shape index (κ2) is 22.1. The largest absolute Gasteiger partial charge is 0.491 e. The molecule has 13 heteroatoms. The quantitative estimate of drug-likeness (QED) is 0.368. The number of fused-ring (bicyclic) bond motifs is 24. The average Bonchev–Trinajstić information content (AvgIpc) is 3.13. The average molecular weight is 701 g/mol. The van der Waals surface area contributed by atoms with Crippen LogP contribution in [0.1, 0.15) is 16.7 Å². The second-order valence-electron chi connectivity index (χ2n) is 11.2. The van der Waals surface area contributed by atoms with Crippen molar-refractivity contribution in [2.24, 2.45) is 0 Å². The Morgan fingerprint density at radius 2 is 0.720 bits per heavy atom.